The van der Waals surface area contributed by atoms with E-state index in [1.807, 2.05) is 36.1 Å². The molecule has 0 bridgehead atoms. The van der Waals surface area contributed by atoms with Crippen molar-refractivity contribution < 1.29 is 9.32 Å². The van der Waals surface area contributed by atoms with Gasteiger partial charge in [0.05, 0.1) is 5.92 Å². The Kier molecular flexibility index (Phi) is 6.20. The van der Waals surface area contributed by atoms with Crippen LogP contribution in [0.25, 0.3) is 0 Å². The molecule has 24 heavy (non-hydrogen) atoms. The van der Waals surface area contributed by atoms with Crippen LogP contribution in [0.5, 0.6) is 0 Å². The first-order valence-electron chi connectivity index (χ1n) is 8.05. The standard InChI is InChI=1S/C17H22N4O2.ClH/c1-12-19-17(23-20-12)14-6-4-10-21(11-14)16(22)9-8-13-5-2-3-7-15(13)18;/h2-3,5,7,14H,4,6,8-11,18H2,1H3;1H. The van der Waals surface area contributed by atoms with Gasteiger partial charge in [-0.2, -0.15) is 4.98 Å². The molecule has 1 aromatic heterocycles. The number of nitrogens with two attached hydrogens (primary N) is 1. The first-order chi connectivity index (χ1) is 11.1. The number of rotatable bonds is 4. The van der Waals surface area contributed by atoms with Crippen LogP contribution in [0.4, 0.5) is 5.69 Å². The van der Waals surface area contributed by atoms with Crippen molar-refractivity contribution in [3.8, 4) is 0 Å². The molecule has 1 aliphatic heterocycles. The number of hydrogen-bond acceptors (Lipinski definition) is 5. The van der Waals surface area contributed by atoms with Gasteiger partial charge in [0.25, 0.3) is 0 Å². The summed E-state index contributed by atoms with van der Waals surface area (Å²) < 4.78 is 5.26. The Hall–Kier alpha value is -2.08. The fourth-order valence-electron chi connectivity index (χ4n) is 3.05. The molecule has 1 aliphatic rings. The Morgan fingerprint density at radius 1 is 1.42 bits per heavy atom. The number of hydrogen-bond donors (Lipinski definition) is 1. The zero-order valence-corrected chi connectivity index (χ0v) is 14.6. The number of likely N-dealkylation sites (tertiary alicyclic amines) is 1. The third kappa shape index (κ3) is 4.26. The van der Waals surface area contributed by atoms with Gasteiger partial charge < -0.3 is 15.2 Å². The molecule has 1 saturated heterocycles. The molecule has 1 amide bonds. The molecule has 1 unspecified atom stereocenters. The van der Waals surface area contributed by atoms with Crippen LogP contribution in [0.2, 0.25) is 0 Å². The first kappa shape index (κ1) is 18.3. The van der Waals surface area contributed by atoms with Crippen molar-refractivity contribution in [1.29, 1.82) is 0 Å². The van der Waals surface area contributed by atoms with Crippen molar-refractivity contribution in [1.82, 2.24) is 15.0 Å². The zero-order valence-electron chi connectivity index (χ0n) is 13.8. The second-order valence-corrected chi connectivity index (χ2v) is 6.06. The maximum absolute atomic E-state index is 12.5. The molecule has 2 heterocycles. The van der Waals surface area contributed by atoms with E-state index in [4.69, 9.17) is 10.3 Å². The molecule has 1 aromatic carbocycles. The highest BCUT2D eigenvalue weighted by atomic mass is 35.5. The predicted octanol–water partition coefficient (Wildman–Crippen LogP) is 2.72. The van der Waals surface area contributed by atoms with E-state index in [0.29, 0.717) is 31.1 Å². The van der Waals surface area contributed by atoms with Crippen molar-refractivity contribution in [2.24, 2.45) is 0 Å². The number of anilines is 1. The summed E-state index contributed by atoms with van der Waals surface area (Å²) >= 11 is 0. The SMILES string of the molecule is Cc1noc(C2CCCN(C(=O)CCc3ccccc3N)C2)n1.Cl. The van der Waals surface area contributed by atoms with Crippen molar-refractivity contribution >= 4 is 24.0 Å². The summed E-state index contributed by atoms with van der Waals surface area (Å²) in [4.78, 5) is 18.7. The minimum absolute atomic E-state index is 0. The average molecular weight is 351 g/mol. The number of halogens is 1. The highest BCUT2D eigenvalue weighted by Gasteiger charge is 2.28. The Labute approximate surface area is 147 Å². The first-order valence-corrected chi connectivity index (χ1v) is 8.05. The van der Waals surface area contributed by atoms with Crippen LogP contribution in [0, 0.1) is 6.92 Å². The minimum Gasteiger partial charge on any atom is -0.399 e. The minimum atomic E-state index is 0. The van der Waals surface area contributed by atoms with E-state index in [9.17, 15) is 4.79 Å². The number of aromatic nitrogens is 2. The lowest BCUT2D eigenvalue weighted by Gasteiger charge is -2.31. The molecular formula is C17H23ClN4O2. The normalized spacial score (nSPS) is 17.4. The monoisotopic (exact) mass is 350 g/mol. The number of piperidine rings is 1. The summed E-state index contributed by atoms with van der Waals surface area (Å²) in [6.07, 6.45) is 3.10. The highest BCUT2D eigenvalue weighted by Crippen LogP contribution is 2.26. The molecule has 0 saturated carbocycles. The topological polar surface area (TPSA) is 85.2 Å². The van der Waals surface area contributed by atoms with Crippen LogP contribution in [-0.2, 0) is 11.2 Å². The summed E-state index contributed by atoms with van der Waals surface area (Å²) in [5.41, 5.74) is 7.71. The largest absolute Gasteiger partial charge is 0.399 e. The van der Waals surface area contributed by atoms with Crippen LogP contribution in [0.3, 0.4) is 0 Å². The number of nitrogens with zero attached hydrogens (tertiary/aromatic N) is 3. The average Bonchev–Trinajstić information content (AvgIpc) is 3.00. The summed E-state index contributed by atoms with van der Waals surface area (Å²) in [5.74, 6) is 1.60. The summed E-state index contributed by atoms with van der Waals surface area (Å²) in [6.45, 7) is 3.26. The number of aryl methyl sites for hydroxylation is 2. The van der Waals surface area contributed by atoms with Crippen molar-refractivity contribution in [3.63, 3.8) is 0 Å². The highest BCUT2D eigenvalue weighted by molar-refractivity contribution is 5.85. The summed E-state index contributed by atoms with van der Waals surface area (Å²) in [6, 6.07) is 7.70. The van der Waals surface area contributed by atoms with Crippen LogP contribution >= 0.6 is 12.4 Å². The molecule has 1 fully saturated rings. The van der Waals surface area contributed by atoms with E-state index in [1.54, 1.807) is 0 Å². The number of carbonyl (C=O) groups is 1. The Morgan fingerprint density at radius 2 is 2.21 bits per heavy atom. The zero-order chi connectivity index (χ0) is 16.2. The van der Waals surface area contributed by atoms with Crippen LogP contribution < -0.4 is 5.73 Å². The van der Waals surface area contributed by atoms with E-state index in [2.05, 4.69) is 10.1 Å². The van der Waals surface area contributed by atoms with Crippen molar-refractivity contribution in [2.75, 3.05) is 18.8 Å². The molecule has 3 rings (SSSR count). The van der Waals surface area contributed by atoms with Crippen molar-refractivity contribution in [2.45, 2.75) is 38.5 Å². The van der Waals surface area contributed by atoms with Crippen LogP contribution in [-0.4, -0.2) is 34.0 Å². The quantitative estimate of drug-likeness (QED) is 0.857. The molecule has 2 aromatic rings. The second-order valence-electron chi connectivity index (χ2n) is 6.06. The van der Waals surface area contributed by atoms with Gasteiger partial charge in [0.1, 0.15) is 0 Å². The maximum atomic E-state index is 12.5. The Morgan fingerprint density at radius 3 is 2.92 bits per heavy atom. The summed E-state index contributed by atoms with van der Waals surface area (Å²) in [5, 5.41) is 3.84. The molecule has 0 aliphatic carbocycles. The maximum Gasteiger partial charge on any atom is 0.231 e. The lowest BCUT2D eigenvalue weighted by atomic mass is 9.97. The predicted molar refractivity (Wildman–Crippen MR) is 94.0 cm³/mol. The molecule has 6 nitrogen and oxygen atoms in total. The van der Waals surface area contributed by atoms with Crippen LogP contribution in [0.1, 0.15) is 42.5 Å². The number of para-hydroxylation sites is 1. The van der Waals surface area contributed by atoms with E-state index < -0.39 is 0 Å². The molecular weight excluding hydrogens is 328 g/mol. The van der Waals surface area contributed by atoms with E-state index in [0.717, 1.165) is 30.6 Å². The van der Waals surface area contributed by atoms with Crippen LogP contribution in [0.15, 0.2) is 28.8 Å². The van der Waals surface area contributed by atoms with Gasteiger partial charge in [-0.3, -0.25) is 4.79 Å². The van der Waals surface area contributed by atoms with Gasteiger partial charge in [0, 0.05) is 25.2 Å². The fourth-order valence-corrected chi connectivity index (χ4v) is 3.05. The molecule has 0 spiro atoms. The van der Waals surface area contributed by atoms with Gasteiger partial charge in [-0.1, -0.05) is 23.4 Å². The smallest absolute Gasteiger partial charge is 0.231 e. The van der Waals surface area contributed by atoms with E-state index >= 15 is 0 Å². The van der Waals surface area contributed by atoms with E-state index in [-0.39, 0.29) is 24.2 Å². The van der Waals surface area contributed by atoms with Crippen molar-refractivity contribution in [3.05, 3.63) is 41.5 Å². The van der Waals surface area contributed by atoms with Gasteiger partial charge in [-0.15, -0.1) is 12.4 Å². The lowest BCUT2D eigenvalue weighted by Crippen LogP contribution is -2.39. The summed E-state index contributed by atoms with van der Waals surface area (Å²) in [7, 11) is 0. The number of nitrogen functional groups attached to an aromatic ring is 1. The molecule has 130 valence electrons. The lowest BCUT2D eigenvalue weighted by molar-refractivity contribution is -0.132. The Balaban J connectivity index is 0.00000208. The molecule has 1 atom stereocenters. The number of amides is 1. The molecule has 2 N–H and O–H groups in total. The van der Waals surface area contributed by atoms with Gasteiger partial charge in [-0.05, 0) is 37.8 Å². The molecule has 7 heteroatoms. The second kappa shape index (κ2) is 8.15. The third-order valence-electron chi connectivity index (χ3n) is 4.33. The van der Waals surface area contributed by atoms with E-state index in [1.165, 1.54) is 0 Å². The van der Waals surface area contributed by atoms with Gasteiger partial charge in [0.2, 0.25) is 11.8 Å². The van der Waals surface area contributed by atoms with Gasteiger partial charge >= 0.3 is 0 Å². The Bertz CT molecular complexity index is 689. The number of carbonyl (C=O) groups excluding carboxylic acids is 1. The van der Waals surface area contributed by atoms with Gasteiger partial charge in [0.15, 0.2) is 5.82 Å². The third-order valence-corrected chi connectivity index (χ3v) is 4.33. The fraction of sp³-hybridized carbons (Fsp3) is 0.471. The molecule has 0 radical (unpaired) electrons. The van der Waals surface area contributed by atoms with Gasteiger partial charge in [-0.25, -0.2) is 0 Å². The number of benzene rings is 1.